The number of rotatable bonds is 27. The van der Waals surface area contributed by atoms with E-state index < -0.39 is 48.1 Å². The lowest BCUT2D eigenvalue weighted by Crippen LogP contribution is -2.45. The summed E-state index contributed by atoms with van der Waals surface area (Å²) in [7, 11) is 2.21. The van der Waals surface area contributed by atoms with E-state index in [0.717, 1.165) is 105 Å². The molecule has 0 radical (unpaired) electrons. The van der Waals surface area contributed by atoms with Gasteiger partial charge in [-0.25, -0.2) is 19.2 Å². The smallest absolute Gasteiger partial charge is 0.407 e. The molecule has 2 saturated heterocycles. The summed E-state index contributed by atoms with van der Waals surface area (Å²) >= 11 is 0. The van der Waals surface area contributed by atoms with Crippen molar-refractivity contribution in [2.75, 3.05) is 64.4 Å². The van der Waals surface area contributed by atoms with Gasteiger partial charge in [0.05, 0.1) is 26.1 Å². The lowest BCUT2D eigenvalue weighted by atomic mass is 9.98. The van der Waals surface area contributed by atoms with Crippen LogP contribution in [0.15, 0.2) is 146 Å². The third-order valence-corrected chi connectivity index (χ3v) is 17.4. The van der Waals surface area contributed by atoms with Gasteiger partial charge in [0.1, 0.15) is 63.2 Å². The van der Waals surface area contributed by atoms with E-state index in [1.54, 1.807) is 48.5 Å². The molecule has 0 bridgehead atoms. The maximum absolute atomic E-state index is 13.8. The molecule has 4 atom stereocenters. The van der Waals surface area contributed by atoms with Crippen LogP contribution < -0.4 is 20.1 Å². The van der Waals surface area contributed by atoms with E-state index in [2.05, 4.69) is 10.6 Å². The van der Waals surface area contributed by atoms with E-state index in [1.165, 1.54) is 0 Å². The van der Waals surface area contributed by atoms with Gasteiger partial charge in [-0.2, -0.15) is 0 Å². The fourth-order valence-electron chi connectivity index (χ4n) is 10.6. The van der Waals surface area contributed by atoms with E-state index in [9.17, 15) is 28.8 Å². The molecule has 0 saturated carbocycles. The minimum absolute atomic E-state index is 0.0187. The van der Waals surface area contributed by atoms with Crippen LogP contribution in [0.25, 0.3) is 22.3 Å². The molecule has 2 aliphatic carbocycles. The molecule has 6 aromatic rings. The zero-order valence-electron chi connectivity index (χ0n) is 47.4. The van der Waals surface area contributed by atoms with E-state index in [0.29, 0.717) is 35.8 Å². The molecule has 2 amide bonds. The Bertz CT molecular complexity index is 2970. The first kappa shape index (κ1) is 61.1. The van der Waals surface area contributed by atoms with E-state index in [4.69, 9.17) is 47.4 Å². The summed E-state index contributed by atoms with van der Waals surface area (Å²) in [6, 6.07) is 43.2. The van der Waals surface area contributed by atoms with Crippen molar-refractivity contribution in [3.63, 3.8) is 0 Å². The van der Waals surface area contributed by atoms with Crippen LogP contribution in [0.1, 0.15) is 83.7 Å². The highest BCUT2D eigenvalue weighted by molar-refractivity contribution is 8.76. The minimum atomic E-state index is -1.28. The standard InChI is InChI=1S/C66H68N2O16S2/c69-59(37-43-23-27-45(28-24-43)83-61-21-9-11-31-77-61)75-33-35-79-63(71)57(67-65(73)81-39-55-51-17-5-1-13-47(51)48-14-2-6-18-52(48)55)41-85-86-42-58(68-66(74)82-40-56-53-19-7-3-15-49(53)50-16-4-8-20-54(50)56)64(72)80-36-34-76-60(70)38-44-25-29-46(30-26-44)84-62-22-10-12-32-78-62/h1-8,13-20,23-30,55-58,61-62H,9-12,21-22,31-42H2,(H,67,73)(H,68,74). The average molecular weight is 1210 g/mol. The third-order valence-electron chi connectivity index (χ3n) is 14.9. The minimum Gasteiger partial charge on any atom is -0.465 e. The largest absolute Gasteiger partial charge is 0.465 e. The van der Waals surface area contributed by atoms with Gasteiger partial charge >= 0.3 is 36.1 Å². The molecule has 20 heteroatoms. The first-order valence-electron chi connectivity index (χ1n) is 29.0. The van der Waals surface area contributed by atoms with E-state index in [1.807, 2.05) is 97.1 Å². The number of fused-ring (bicyclic) bond motifs is 6. The molecule has 4 unspecified atom stereocenters. The van der Waals surface area contributed by atoms with Gasteiger partial charge in [0.2, 0.25) is 0 Å². The number of hydrogen-bond acceptors (Lipinski definition) is 18. The van der Waals surface area contributed by atoms with Crippen molar-refractivity contribution in [3.05, 3.63) is 179 Å². The molecule has 4 aliphatic rings. The molecule has 86 heavy (non-hydrogen) atoms. The molecular weight excluding hydrogens is 1140 g/mol. The third kappa shape index (κ3) is 16.9. The number of carbonyl (C=O) groups is 6. The highest BCUT2D eigenvalue weighted by Crippen LogP contribution is 2.46. The lowest BCUT2D eigenvalue weighted by Gasteiger charge is -2.23. The summed E-state index contributed by atoms with van der Waals surface area (Å²) in [5.74, 6) is -2.18. The summed E-state index contributed by atoms with van der Waals surface area (Å²) in [5, 5.41) is 5.30. The molecular formula is C66H68N2O16S2. The van der Waals surface area contributed by atoms with Gasteiger partial charge in [-0.3, -0.25) is 9.59 Å². The molecule has 18 nitrogen and oxygen atoms in total. The van der Waals surface area contributed by atoms with E-state index in [-0.39, 0.29) is 88.4 Å². The lowest BCUT2D eigenvalue weighted by molar-refractivity contribution is -0.152. The number of amides is 2. The van der Waals surface area contributed by atoms with Crippen LogP contribution in [0.2, 0.25) is 0 Å². The SMILES string of the molecule is O=C(Cc1ccc(OC2CCCCO2)cc1)OCCOC(=O)C(CSSCC(NC(=O)OCC1c2ccccc2-c2ccccc21)C(=O)OCCOC(=O)Cc1ccc(OC2CCCCO2)cc1)NC(=O)OCC1c2ccccc2-c2ccccc21. The number of hydrogen-bond donors (Lipinski definition) is 2. The van der Waals surface area contributed by atoms with Crippen LogP contribution in [0, 0.1) is 0 Å². The maximum atomic E-state index is 13.8. The first-order valence-corrected chi connectivity index (χ1v) is 31.5. The number of ether oxygens (including phenoxy) is 10. The Morgan fingerprint density at radius 3 is 1.13 bits per heavy atom. The van der Waals surface area contributed by atoms with Gasteiger partial charge in [-0.05, 0) is 106 Å². The molecule has 2 fully saturated rings. The second-order valence-corrected chi connectivity index (χ2v) is 23.4. The number of carbonyl (C=O) groups excluding carboxylic acids is 6. The fourth-order valence-corrected chi connectivity index (χ4v) is 12.9. The molecule has 0 spiro atoms. The predicted molar refractivity (Wildman–Crippen MR) is 321 cm³/mol. The van der Waals surface area contributed by atoms with Gasteiger partial charge in [0.15, 0.2) is 12.6 Å². The van der Waals surface area contributed by atoms with Gasteiger partial charge in [-0.15, -0.1) is 0 Å². The van der Waals surface area contributed by atoms with Crippen molar-refractivity contribution >= 4 is 57.7 Å². The van der Waals surface area contributed by atoms with Gasteiger partial charge in [-0.1, -0.05) is 143 Å². The Labute approximate surface area is 506 Å². The predicted octanol–water partition coefficient (Wildman–Crippen LogP) is 10.7. The molecule has 450 valence electrons. The van der Waals surface area contributed by atoms with Crippen LogP contribution in [0.5, 0.6) is 11.5 Å². The number of benzene rings is 6. The van der Waals surface area contributed by atoms with Gasteiger partial charge in [0, 0.05) is 36.2 Å². The zero-order chi connectivity index (χ0) is 59.5. The summed E-state index contributed by atoms with van der Waals surface area (Å²) < 4.78 is 56.6. The van der Waals surface area contributed by atoms with Crippen LogP contribution >= 0.6 is 21.6 Å². The molecule has 10 rings (SSSR count). The Morgan fingerprint density at radius 1 is 0.430 bits per heavy atom. The quantitative estimate of drug-likeness (QED) is 0.0212. The van der Waals surface area contributed by atoms with Crippen LogP contribution in [-0.2, 0) is 69.9 Å². The summed E-state index contributed by atoms with van der Waals surface area (Å²) in [5.41, 5.74) is 9.59. The summed E-state index contributed by atoms with van der Waals surface area (Å²) in [6.07, 6.45) is 3.27. The normalized spacial score (nSPS) is 16.6. The Kier molecular flexibility index (Phi) is 21.9. The molecule has 2 heterocycles. The van der Waals surface area contributed by atoms with Crippen molar-refractivity contribution < 1.29 is 76.1 Å². The monoisotopic (exact) mass is 1210 g/mol. The second-order valence-electron chi connectivity index (χ2n) is 20.9. The van der Waals surface area contributed by atoms with Crippen LogP contribution in [-0.4, -0.2) is 125 Å². The second kappa shape index (κ2) is 30.9. The summed E-state index contributed by atoms with van der Waals surface area (Å²) in [6.45, 7) is 0.136. The van der Waals surface area contributed by atoms with Crippen molar-refractivity contribution in [2.45, 2.75) is 87.9 Å². The molecule has 0 aromatic heterocycles. The van der Waals surface area contributed by atoms with Crippen molar-refractivity contribution in [3.8, 4) is 33.8 Å². The molecule has 6 aromatic carbocycles. The van der Waals surface area contributed by atoms with Gasteiger partial charge in [0.25, 0.3) is 0 Å². The number of nitrogens with one attached hydrogen (secondary N) is 2. The van der Waals surface area contributed by atoms with Crippen molar-refractivity contribution in [1.29, 1.82) is 0 Å². The highest BCUT2D eigenvalue weighted by atomic mass is 33.1. The van der Waals surface area contributed by atoms with Gasteiger partial charge < -0.3 is 58.0 Å². The van der Waals surface area contributed by atoms with Crippen molar-refractivity contribution in [2.24, 2.45) is 0 Å². The molecule has 2 aliphatic heterocycles. The Morgan fingerprint density at radius 2 is 0.779 bits per heavy atom. The van der Waals surface area contributed by atoms with Crippen molar-refractivity contribution in [1.82, 2.24) is 10.6 Å². The van der Waals surface area contributed by atoms with Crippen LogP contribution in [0.4, 0.5) is 9.59 Å². The summed E-state index contributed by atoms with van der Waals surface area (Å²) in [4.78, 5) is 80.5. The topological polar surface area (TPSA) is 219 Å². The zero-order valence-corrected chi connectivity index (χ0v) is 49.0. The Hall–Kier alpha value is -8.04. The average Bonchev–Trinajstić information content (AvgIpc) is 2.19. The van der Waals surface area contributed by atoms with E-state index >= 15 is 0 Å². The Balaban J connectivity index is 0.741. The van der Waals surface area contributed by atoms with Crippen LogP contribution in [0.3, 0.4) is 0 Å². The highest BCUT2D eigenvalue weighted by Gasteiger charge is 2.33. The maximum Gasteiger partial charge on any atom is 0.407 e. The number of esters is 4. The first-order chi connectivity index (χ1) is 42.1. The molecule has 2 N–H and O–H groups in total. The fraction of sp³-hybridized carbons (Fsp3) is 0.364. The number of alkyl carbamates (subject to hydrolysis) is 2.